The molecular weight excluding hydrogens is 248 g/mol. The Balaban J connectivity index is 2.11. The zero-order valence-electron chi connectivity index (χ0n) is 10.7. The average molecular weight is 264 g/mol. The van der Waals surface area contributed by atoms with Crippen LogP contribution < -0.4 is 4.90 Å². The fourth-order valence-electron chi connectivity index (χ4n) is 2.48. The third-order valence-corrected chi connectivity index (χ3v) is 3.58. The summed E-state index contributed by atoms with van der Waals surface area (Å²) in [5, 5.41) is 19.6. The molecule has 0 radical (unpaired) electrons. The monoisotopic (exact) mass is 264 g/mol. The van der Waals surface area contributed by atoms with Gasteiger partial charge >= 0.3 is 5.97 Å². The molecule has 0 spiro atoms. The molecular formula is C13H16N2O4. The zero-order valence-corrected chi connectivity index (χ0v) is 10.7. The van der Waals surface area contributed by atoms with Gasteiger partial charge in [-0.3, -0.25) is 14.9 Å². The molecule has 0 saturated carbocycles. The minimum atomic E-state index is -0.736. The third kappa shape index (κ3) is 2.83. The van der Waals surface area contributed by atoms with Crippen LogP contribution >= 0.6 is 0 Å². The number of rotatable bonds is 3. The summed E-state index contributed by atoms with van der Waals surface area (Å²) in [4.78, 5) is 23.3. The van der Waals surface area contributed by atoms with Crippen molar-refractivity contribution in [2.45, 2.75) is 19.8 Å². The summed E-state index contributed by atoms with van der Waals surface area (Å²) in [7, 11) is 0. The first-order valence-corrected chi connectivity index (χ1v) is 6.22. The summed E-state index contributed by atoms with van der Waals surface area (Å²) in [5.41, 5.74) is 1.89. The molecule has 1 N–H and O–H groups in total. The molecule has 2 rings (SSSR count). The van der Waals surface area contributed by atoms with Gasteiger partial charge in [0.1, 0.15) is 0 Å². The average Bonchev–Trinajstić information content (AvgIpc) is 2.38. The topological polar surface area (TPSA) is 83.7 Å². The Morgan fingerprint density at radius 1 is 1.42 bits per heavy atom. The number of carbonyl (C=O) groups is 1. The van der Waals surface area contributed by atoms with Gasteiger partial charge in [0.2, 0.25) is 0 Å². The van der Waals surface area contributed by atoms with Gasteiger partial charge in [-0.2, -0.15) is 0 Å². The van der Waals surface area contributed by atoms with Crippen molar-refractivity contribution in [3.05, 3.63) is 33.9 Å². The first-order valence-electron chi connectivity index (χ1n) is 6.22. The second-order valence-corrected chi connectivity index (χ2v) is 4.83. The molecule has 19 heavy (non-hydrogen) atoms. The van der Waals surface area contributed by atoms with Crippen molar-refractivity contribution in [1.29, 1.82) is 0 Å². The Hall–Kier alpha value is -2.11. The Morgan fingerprint density at radius 3 is 2.53 bits per heavy atom. The summed E-state index contributed by atoms with van der Waals surface area (Å²) in [6.07, 6.45) is 1.23. The van der Waals surface area contributed by atoms with E-state index in [9.17, 15) is 14.9 Å². The second kappa shape index (κ2) is 5.26. The quantitative estimate of drug-likeness (QED) is 0.668. The Labute approximate surface area is 110 Å². The normalized spacial score (nSPS) is 16.4. The van der Waals surface area contributed by atoms with Gasteiger partial charge in [0.05, 0.1) is 10.8 Å². The van der Waals surface area contributed by atoms with Crippen molar-refractivity contribution in [2.75, 3.05) is 18.0 Å². The van der Waals surface area contributed by atoms with Crippen LogP contribution in [0.3, 0.4) is 0 Å². The number of carboxylic acid groups (broad SMARTS) is 1. The van der Waals surface area contributed by atoms with Crippen LogP contribution in [0.4, 0.5) is 11.4 Å². The summed E-state index contributed by atoms with van der Waals surface area (Å²) in [5.74, 6) is -1.00. The molecule has 6 nitrogen and oxygen atoms in total. The largest absolute Gasteiger partial charge is 0.481 e. The van der Waals surface area contributed by atoms with E-state index in [0.29, 0.717) is 25.9 Å². The lowest BCUT2D eigenvalue weighted by Gasteiger charge is -2.32. The predicted molar refractivity (Wildman–Crippen MR) is 70.4 cm³/mol. The maximum atomic E-state index is 10.9. The van der Waals surface area contributed by atoms with Gasteiger partial charge in [-0.1, -0.05) is 0 Å². The Bertz CT molecular complexity index is 507. The van der Waals surface area contributed by atoms with Crippen LogP contribution in [0.2, 0.25) is 0 Å². The number of non-ortho nitro benzene ring substituents is 1. The van der Waals surface area contributed by atoms with Crippen LogP contribution in [0.5, 0.6) is 0 Å². The van der Waals surface area contributed by atoms with E-state index in [1.54, 1.807) is 12.1 Å². The molecule has 1 saturated heterocycles. The van der Waals surface area contributed by atoms with Crippen LogP contribution in [0.1, 0.15) is 18.4 Å². The predicted octanol–water partition coefficient (Wildman–Crippen LogP) is 2.20. The van der Waals surface area contributed by atoms with E-state index >= 15 is 0 Å². The number of benzene rings is 1. The summed E-state index contributed by atoms with van der Waals surface area (Å²) in [6.45, 7) is 3.19. The van der Waals surface area contributed by atoms with Gasteiger partial charge in [-0.05, 0) is 31.4 Å². The van der Waals surface area contributed by atoms with E-state index < -0.39 is 10.9 Å². The van der Waals surface area contributed by atoms with Crippen LogP contribution in [-0.4, -0.2) is 29.1 Å². The number of aliphatic carboxylic acids is 1. The van der Waals surface area contributed by atoms with Crippen molar-refractivity contribution in [3.8, 4) is 0 Å². The molecule has 0 unspecified atom stereocenters. The molecule has 1 heterocycles. The number of piperidine rings is 1. The zero-order chi connectivity index (χ0) is 14.0. The maximum absolute atomic E-state index is 10.9. The fourth-order valence-corrected chi connectivity index (χ4v) is 2.48. The third-order valence-electron chi connectivity index (χ3n) is 3.58. The maximum Gasteiger partial charge on any atom is 0.306 e. The van der Waals surface area contributed by atoms with Gasteiger partial charge < -0.3 is 10.0 Å². The Morgan fingerprint density at radius 2 is 2.05 bits per heavy atom. The lowest BCUT2D eigenvalue weighted by molar-refractivity contribution is -0.384. The lowest BCUT2D eigenvalue weighted by Crippen LogP contribution is -2.36. The van der Waals surface area contributed by atoms with E-state index in [4.69, 9.17) is 5.11 Å². The number of carboxylic acids is 1. The van der Waals surface area contributed by atoms with Gasteiger partial charge in [-0.25, -0.2) is 0 Å². The van der Waals surface area contributed by atoms with Gasteiger partial charge in [0, 0.05) is 30.9 Å². The Kier molecular flexibility index (Phi) is 3.69. The molecule has 1 aliphatic heterocycles. The highest BCUT2D eigenvalue weighted by molar-refractivity contribution is 5.70. The van der Waals surface area contributed by atoms with E-state index in [0.717, 1.165) is 11.3 Å². The van der Waals surface area contributed by atoms with Crippen molar-refractivity contribution >= 4 is 17.3 Å². The van der Waals surface area contributed by atoms with Gasteiger partial charge in [-0.15, -0.1) is 0 Å². The molecule has 0 bridgehead atoms. The van der Waals surface area contributed by atoms with E-state index in [2.05, 4.69) is 4.90 Å². The van der Waals surface area contributed by atoms with E-state index in [1.165, 1.54) is 6.07 Å². The highest BCUT2D eigenvalue weighted by atomic mass is 16.6. The summed E-state index contributed by atoms with van der Waals surface area (Å²) in [6, 6.07) is 4.79. The molecule has 0 atom stereocenters. The minimum absolute atomic E-state index is 0.0849. The van der Waals surface area contributed by atoms with Crippen LogP contribution in [0.15, 0.2) is 18.2 Å². The van der Waals surface area contributed by atoms with Crippen molar-refractivity contribution < 1.29 is 14.8 Å². The molecule has 1 fully saturated rings. The van der Waals surface area contributed by atoms with E-state index in [-0.39, 0.29) is 11.6 Å². The molecule has 0 aliphatic carbocycles. The molecule has 102 valence electrons. The van der Waals surface area contributed by atoms with Crippen LogP contribution in [0, 0.1) is 23.0 Å². The van der Waals surface area contributed by atoms with Crippen LogP contribution in [0.25, 0.3) is 0 Å². The molecule has 1 aromatic rings. The van der Waals surface area contributed by atoms with Crippen molar-refractivity contribution in [2.24, 2.45) is 5.92 Å². The molecule has 1 aliphatic rings. The molecule has 1 aromatic carbocycles. The molecule has 6 heteroatoms. The fraction of sp³-hybridized carbons (Fsp3) is 0.462. The standard InChI is InChI=1S/C13H16N2O4/c1-9-8-11(15(18)19)2-3-12(9)14-6-4-10(5-7-14)13(16)17/h2-3,8,10H,4-7H2,1H3,(H,16,17). The minimum Gasteiger partial charge on any atom is -0.481 e. The number of nitro groups is 1. The van der Waals surface area contributed by atoms with Crippen molar-refractivity contribution in [3.63, 3.8) is 0 Å². The smallest absolute Gasteiger partial charge is 0.306 e. The van der Waals surface area contributed by atoms with Gasteiger partial charge in [0.25, 0.3) is 5.69 Å². The number of hydrogen-bond donors (Lipinski definition) is 1. The number of aryl methyl sites for hydroxylation is 1. The highest BCUT2D eigenvalue weighted by Crippen LogP contribution is 2.28. The summed E-state index contributed by atoms with van der Waals surface area (Å²) >= 11 is 0. The van der Waals surface area contributed by atoms with Crippen molar-refractivity contribution in [1.82, 2.24) is 0 Å². The highest BCUT2D eigenvalue weighted by Gasteiger charge is 2.25. The molecule has 0 amide bonds. The van der Waals surface area contributed by atoms with E-state index in [1.807, 2.05) is 6.92 Å². The number of hydrogen-bond acceptors (Lipinski definition) is 4. The van der Waals surface area contributed by atoms with Gasteiger partial charge in [0.15, 0.2) is 0 Å². The first-order chi connectivity index (χ1) is 8.99. The molecule has 0 aromatic heterocycles. The SMILES string of the molecule is Cc1cc([N+](=O)[O-])ccc1N1CCC(C(=O)O)CC1. The number of nitrogens with zero attached hydrogens (tertiary/aromatic N) is 2. The second-order valence-electron chi connectivity index (χ2n) is 4.83. The summed E-state index contributed by atoms with van der Waals surface area (Å²) < 4.78 is 0. The first kappa shape index (κ1) is 13.3. The number of nitro benzene ring substituents is 1. The number of anilines is 1. The van der Waals surface area contributed by atoms with Crippen LogP contribution in [-0.2, 0) is 4.79 Å². The lowest BCUT2D eigenvalue weighted by atomic mass is 9.96.